The van der Waals surface area contributed by atoms with Gasteiger partial charge in [-0.3, -0.25) is 0 Å². The van der Waals surface area contributed by atoms with Crippen LogP contribution in [-0.2, 0) is 0 Å². The van der Waals surface area contributed by atoms with Gasteiger partial charge >= 0.3 is 0 Å². The SMILES string of the molecule is CC.CC1=Cc2cc3c(C)ccc(C)c3cc2C=CC1. The number of aryl methyl sites for hydroxylation is 2. The molecule has 20 heavy (non-hydrogen) atoms. The Balaban J connectivity index is 0.000000704. The van der Waals surface area contributed by atoms with E-state index in [1.807, 2.05) is 13.8 Å². The normalized spacial score (nSPS) is 13.2. The Labute approximate surface area is 122 Å². The van der Waals surface area contributed by atoms with E-state index < -0.39 is 0 Å². The fourth-order valence-corrected chi connectivity index (χ4v) is 2.68. The number of fused-ring (bicyclic) bond motifs is 2. The summed E-state index contributed by atoms with van der Waals surface area (Å²) in [5.41, 5.74) is 6.83. The fourth-order valence-electron chi connectivity index (χ4n) is 2.68. The highest BCUT2D eigenvalue weighted by Gasteiger charge is 2.07. The molecule has 0 aromatic heterocycles. The minimum absolute atomic E-state index is 1.06. The largest absolute Gasteiger partial charge is 0.0799 e. The summed E-state index contributed by atoms with van der Waals surface area (Å²) in [6.07, 6.45) is 7.89. The van der Waals surface area contributed by atoms with Crippen LogP contribution in [0.25, 0.3) is 22.9 Å². The van der Waals surface area contributed by atoms with Crippen LogP contribution < -0.4 is 0 Å². The van der Waals surface area contributed by atoms with Gasteiger partial charge in [-0.05, 0) is 72.4 Å². The van der Waals surface area contributed by atoms with E-state index in [1.165, 1.54) is 38.6 Å². The van der Waals surface area contributed by atoms with Crippen molar-refractivity contribution in [2.24, 2.45) is 0 Å². The van der Waals surface area contributed by atoms with Crippen molar-refractivity contribution in [2.75, 3.05) is 0 Å². The molecule has 0 atom stereocenters. The number of rotatable bonds is 0. The second kappa shape index (κ2) is 6.09. The van der Waals surface area contributed by atoms with Crippen molar-refractivity contribution in [3.8, 4) is 0 Å². The average molecular weight is 264 g/mol. The summed E-state index contributed by atoms with van der Waals surface area (Å²) in [7, 11) is 0. The van der Waals surface area contributed by atoms with Crippen molar-refractivity contribution >= 4 is 22.9 Å². The molecule has 0 unspecified atom stereocenters. The standard InChI is InChI=1S/C18H18.C2H6/c1-12-5-4-6-15-10-17-13(2)7-8-14(3)18(17)11-16(15)9-12;1-2/h4,6-11H,5H2,1-3H3;1-2H3. The van der Waals surface area contributed by atoms with Crippen molar-refractivity contribution in [3.63, 3.8) is 0 Å². The maximum atomic E-state index is 2.34. The van der Waals surface area contributed by atoms with Crippen LogP contribution in [0.15, 0.2) is 35.9 Å². The van der Waals surface area contributed by atoms with Gasteiger partial charge in [0.15, 0.2) is 0 Å². The van der Waals surface area contributed by atoms with Gasteiger partial charge in [0.2, 0.25) is 0 Å². The van der Waals surface area contributed by atoms with Crippen LogP contribution in [0.2, 0.25) is 0 Å². The van der Waals surface area contributed by atoms with Crippen LogP contribution in [0.4, 0.5) is 0 Å². The summed E-state index contributed by atoms with van der Waals surface area (Å²) in [5, 5.41) is 2.76. The first-order valence-corrected chi connectivity index (χ1v) is 7.53. The van der Waals surface area contributed by atoms with Crippen molar-refractivity contribution in [1.29, 1.82) is 0 Å². The van der Waals surface area contributed by atoms with Gasteiger partial charge < -0.3 is 0 Å². The quantitative estimate of drug-likeness (QED) is 0.523. The summed E-state index contributed by atoms with van der Waals surface area (Å²) in [6, 6.07) is 9.10. The molecule has 2 aromatic carbocycles. The van der Waals surface area contributed by atoms with Crippen LogP contribution in [0, 0.1) is 13.8 Å². The van der Waals surface area contributed by atoms with E-state index in [1.54, 1.807) is 0 Å². The molecule has 1 aliphatic carbocycles. The zero-order valence-corrected chi connectivity index (χ0v) is 13.2. The molecule has 104 valence electrons. The lowest BCUT2D eigenvalue weighted by Gasteiger charge is -2.10. The number of hydrogen-bond donors (Lipinski definition) is 0. The Hall–Kier alpha value is -1.82. The molecule has 0 amide bonds. The molecular weight excluding hydrogens is 240 g/mol. The van der Waals surface area contributed by atoms with Gasteiger partial charge in [0.05, 0.1) is 0 Å². The Bertz CT molecular complexity index is 685. The smallest absolute Gasteiger partial charge is 0.0135 e. The maximum Gasteiger partial charge on any atom is -0.0135 e. The van der Waals surface area contributed by atoms with Crippen molar-refractivity contribution in [3.05, 3.63) is 58.2 Å². The first kappa shape index (κ1) is 14.6. The molecule has 0 heteroatoms. The van der Waals surface area contributed by atoms with E-state index in [4.69, 9.17) is 0 Å². The Morgan fingerprint density at radius 3 is 1.95 bits per heavy atom. The van der Waals surface area contributed by atoms with Gasteiger partial charge in [-0.15, -0.1) is 0 Å². The maximum absolute atomic E-state index is 2.34. The fraction of sp³-hybridized carbons (Fsp3) is 0.300. The molecule has 0 aliphatic heterocycles. The van der Waals surface area contributed by atoms with Crippen LogP contribution in [0.5, 0.6) is 0 Å². The Kier molecular flexibility index (Phi) is 4.44. The highest BCUT2D eigenvalue weighted by Crippen LogP contribution is 2.29. The number of benzene rings is 2. The highest BCUT2D eigenvalue weighted by atomic mass is 14.1. The molecule has 0 saturated carbocycles. The lowest BCUT2D eigenvalue weighted by Crippen LogP contribution is -1.88. The molecule has 3 rings (SSSR count). The third kappa shape index (κ3) is 2.70. The van der Waals surface area contributed by atoms with Crippen LogP contribution in [0.3, 0.4) is 0 Å². The van der Waals surface area contributed by atoms with Crippen LogP contribution in [-0.4, -0.2) is 0 Å². The lowest BCUT2D eigenvalue weighted by molar-refractivity contribution is 1.25. The first-order valence-electron chi connectivity index (χ1n) is 7.53. The van der Waals surface area contributed by atoms with Gasteiger partial charge in [0, 0.05) is 0 Å². The van der Waals surface area contributed by atoms with E-state index in [0.717, 1.165) is 6.42 Å². The molecule has 0 radical (unpaired) electrons. The van der Waals surface area contributed by atoms with E-state index in [9.17, 15) is 0 Å². The number of hydrogen-bond acceptors (Lipinski definition) is 0. The topological polar surface area (TPSA) is 0 Å². The summed E-state index contributed by atoms with van der Waals surface area (Å²) >= 11 is 0. The van der Waals surface area contributed by atoms with Gasteiger partial charge in [-0.2, -0.15) is 0 Å². The average Bonchev–Trinajstić information content (AvgIpc) is 2.64. The highest BCUT2D eigenvalue weighted by molar-refractivity contribution is 5.93. The van der Waals surface area contributed by atoms with E-state index in [2.05, 4.69) is 63.3 Å². The van der Waals surface area contributed by atoms with Gasteiger partial charge in [0.25, 0.3) is 0 Å². The summed E-state index contributed by atoms with van der Waals surface area (Å²) in [6.45, 7) is 10.6. The lowest BCUT2D eigenvalue weighted by atomic mass is 9.95. The summed E-state index contributed by atoms with van der Waals surface area (Å²) < 4.78 is 0. The predicted octanol–water partition coefficient (Wildman–Crippen LogP) is 6.30. The van der Waals surface area contributed by atoms with Crippen LogP contribution in [0.1, 0.15) is 49.4 Å². The molecule has 0 fully saturated rings. The molecule has 0 heterocycles. The molecule has 1 aliphatic rings. The van der Waals surface area contributed by atoms with Crippen LogP contribution >= 0.6 is 0 Å². The molecule has 2 aromatic rings. The van der Waals surface area contributed by atoms with E-state index >= 15 is 0 Å². The second-order valence-electron chi connectivity index (χ2n) is 5.32. The second-order valence-corrected chi connectivity index (χ2v) is 5.32. The Morgan fingerprint density at radius 1 is 0.800 bits per heavy atom. The molecule has 0 saturated heterocycles. The third-order valence-corrected chi connectivity index (χ3v) is 3.80. The monoisotopic (exact) mass is 264 g/mol. The summed E-state index contributed by atoms with van der Waals surface area (Å²) in [5.74, 6) is 0. The van der Waals surface area contributed by atoms with Gasteiger partial charge in [-0.1, -0.05) is 49.8 Å². The molecule has 0 bridgehead atoms. The molecule has 0 spiro atoms. The molecule has 0 nitrogen and oxygen atoms in total. The molecular formula is C20H24. The molecule has 0 N–H and O–H groups in total. The Morgan fingerprint density at radius 2 is 1.35 bits per heavy atom. The zero-order valence-electron chi connectivity index (χ0n) is 13.2. The van der Waals surface area contributed by atoms with Gasteiger partial charge in [0.1, 0.15) is 0 Å². The van der Waals surface area contributed by atoms with Crippen molar-refractivity contribution in [1.82, 2.24) is 0 Å². The summed E-state index contributed by atoms with van der Waals surface area (Å²) in [4.78, 5) is 0. The minimum atomic E-state index is 1.06. The van der Waals surface area contributed by atoms with Crippen molar-refractivity contribution < 1.29 is 0 Å². The zero-order chi connectivity index (χ0) is 14.7. The number of allylic oxidation sites excluding steroid dienone is 2. The minimum Gasteiger partial charge on any atom is -0.0799 e. The van der Waals surface area contributed by atoms with Gasteiger partial charge in [-0.25, -0.2) is 0 Å². The van der Waals surface area contributed by atoms with Crippen molar-refractivity contribution in [2.45, 2.75) is 41.0 Å². The van der Waals surface area contributed by atoms with E-state index in [0.29, 0.717) is 0 Å². The third-order valence-electron chi connectivity index (χ3n) is 3.80. The first-order chi connectivity index (χ1) is 9.65. The van der Waals surface area contributed by atoms with E-state index in [-0.39, 0.29) is 0 Å². The predicted molar refractivity (Wildman–Crippen MR) is 92.1 cm³/mol.